The van der Waals surface area contributed by atoms with Crippen molar-refractivity contribution in [1.29, 1.82) is 0 Å². The summed E-state index contributed by atoms with van der Waals surface area (Å²) in [5, 5.41) is 4.60. The summed E-state index contributed by atoms with van der Waals surface area (Å²) in [6.07, 6.45) is 2.89. The van der Waals surface area contributed by atoms with Crippen LogP contribution in [0, 0.1) is 0 Å². The van der Waals surface area contributed by atoms with Crippen LogP contribution in [0.5, 0.6) is 0 Å². The Bertz CT molecular complexity index is 630. The Labute approximate surface area is 125 Å². The second kappa shape index (κ2) is 5.62. The first kappa shape index (κ1) is 13.0. The molecule has 110 valence electrons. The minimum atomic E-state index is 0.271. The van der Waals surface area contributed by atoms with E-state index in [1.165, 1.54) is 24.8 Å². The zero-order chi connectivity index (χ0) is 14.1. The highest BCUT2D eigenvalue weighted by molar-refractivity contribution is 5.80. The van der Waals surface area contributed by atoms with Crippen LogP contribution in [0.3, 0.4) is 0 Å². The molecule has 2 atom stereocenters. The van der Waals surface area contributed by atoms with Crippen molar-refractivity contribution in [2.75, 3.05) is 31.6 Å². The predicted molar refractivity (Wildman–Crippen MR) is 84.6 cm³/mol. The maximum Gasteiger partial charge on any atom is 0.126 e. The third-order valence-electron chi connectivity index (χ3n) is 4.57. The van der Waals surface area contributed by atoms with Gasteiger partial charge in [0.1, 0.15) is 5.82 Å². The molecule has 0 amide bonds. The maximum atomic E-state index is 5.97. The summed E-state index contributed by atoms with van der Waals surface area (Å²) in [6, 6.07) is 13.0. The molecule has 21 heavy (non-hydrogen) atoms. The number of nitrogens with one attached hydrogen (secondary N) is 1. The Morgan fingerprint density at radius 2 is 2.19 bits per heavy atom. The van der Waals surface area contributed by atoms with Crippen LogP contribution in [0.15, 0.2) is 36.4 Å². The van der Waals surface area contributed by atoms with Crippen LogP contribution < -0.4 is 5.32 Å². The lowest BCUT2D eigenvalue weighted by Crippen LogP contribution is -2.48. The number of nitrogens with zero attached hydrogens (tertiary/aromatic N) is 2. The van der Waals surface area contributed by atoms with Gasteiger partial charge in [0.2, 0.25) is 0 Å². The van der Waals surface area contributed by atoms with E-state index in [0.717, 1.165) is 31.0 Å². The summed E-state index contributed by atoms with van der Waals surface area (Å²) < 4.78 is 5.97. The van der Waals surface area contributed by atoms with Crippen molar-refractivity contribution in [3.05, 3.63) is 36.4 Å². The van der Waals surface area contributed by atoms with Crippen LogP contribution in [0.4, 0.5) is 5.82 Å². The normalized spacial score (nSPS) is 25.9. The van der Waals surface area contributed by atoms with Gasteiger partial charge in [0.05, 0.1) is 18.2 Å². The number of fused-ring (bicyclic) bond motifs is 2. The zero-order valence-corrected chi connectivity index (χ0v) is 12.2. The van der Waals surface area contributed by atoms with Crippen molar-refractivity contribution in [3.63, 3.8) is 0 Å². The molecule has 4 heteroatoms. The summed E-state index contributed by atoms with van der Waals surface area (Å²) >= 11 is 0. The second-order valence-corrected chi connectivity index (χ2v) is 6.02. The number of hydrogen-bond donors (Lipinski definition) is 1. The predicted octanol–water partition coefficient (Wildman–Crippen LogP) is 2.51. The molecular formula is C17H21N3O. The first-order chi connectivity index (χ1) is 10.4. The number of para-hydroxylation sites is 1. The molecule has 2 aliphatic rings. The van der Waals surface area contributed by atoms with Crippen LogP contribution in [0.1, 0.15) is 12.8 Å². The number of pyridine rings is 1. The molecule has 0 bridgehead atoms. The monoisotopic (exact) mass is 283 g/mol. The second-order valence-electron chi connectivity index (χ2n) is 6.02. The van der Waals surface area contributed by atoms with Gasteiger partial charge in [-0.25, -0.2) is 4.98 Å². The SMILES string of the molecule is c1ccc2nc(NCC3CN4CCCC4CO3)ccc2c1. The Hall–Kier alpha value is -1.65. The molecular weight excluding hydrogens is 262 g/mol. The number of hydrogen-bond acceptors (Lipinski definition) is 4. The van der Waals surface area contributed by atoms with Crippen LogP contribution >= 0.6 is 0 Å². The topological polar surface area (TPSA) is 37.4 Å². The lowest BCUT2D eigenvalue weighted by atomic mass is 10.2. The third-order valence-corrected chi connectivity index (χ3v) is 4.57. The van der Waals surface area contributed by atoms with Crippen molar-refractivity contribution in [2.45, 2.75) is 25.0 Å². The first-order valence-electron chi connectivity index (χ1n) is 7.84. The number of rotatable bonds is 3. The molecule has 4 rings (SSSR count). The van der Waals surface area contributed by atoms with Gasteiger partial charge in [-0.1, -0.05) is 18.2 Å². The molecule has 2 unspecified atom stereocenters. The summed E-state index contributed by atoms with van der Waals surface area (Å²) in [4.78, 5) is 7.22. The van der Waals surface area contributed by atoms with Crippen molar-refractivity contribution in [1.82, 2.24) is 9.88 Å². The van der Waals surface area contributed by atoms with E-state index in [9.17, 15) is 0 Å². The van der Waals surface area contributed by atoms with E-state index >= 15 is 0 Å². The average molecular weight is 283 g/mol. The van der Waals surface area contributed by atoms with Gasteiger partial charge in [0.15, 0.2) is 0 Å². The molecule has 2 fully saturated rings. The number of anilines is 1. The van der Waals surface area contributed by atoms with Crippen molar-refractivity contribution >= 4 is 16.7 Å². The summed E-state index contributed by atoms with van der Waals surface area (Å²) in [7, 11) is 0. The Morgan fingerprint density at radius 3 is 3.19 bits per heavy atom. The molecule has 4 nitrogen and oxygen atoms in total. The lowest BCUT2D eigenvalue weighted by molar-refractivity contribution is -0.0416. The van der Waals surface area contributed by atoms with Gasteiger partial charge >= 0.3 is 0 Å². The molecule has 1 aromatic heterocycles. The highest BCUT2D eigenvalue weighted by atomic mass is 16.5. The summed E-state index contributed by atoms with van der Waals surface area (Å²) in [5.41, 5.74) is 1.03. The van der Waals surface area contributed by atoms with Gasteiger partial charge in [-0.2, -0.15) is 0 Å². The number of benzene rings is 1. The first-order valence-corrected chi connectivity index (χ1v) is 7.84. The van der Waals surface area contributed by atoms with Gasteiger partial charge in [0, 0.05) is 24.5 Å². The van der Waals surface area contributed by atoms with E-state index < -0.39 is 0 Å². The van der Waals surface area contributed by atoms with Gasteiger partial charge in [-0.05, 0) is 37.6 Å². The highest BCUT2D eigenvalue weighted by Crippen LogP contribution is 2.23. The fourth-order valence-electron chi connectivity index (χ4n) is 3.39. The molecule has 0 spiro atoms. The fourth-order valence-corrected chi connectivity index (χ4v) is 3.39. The average Bonchev–Trinajstić information content (AvgIpc) is 3.00. The van der Waals surface area contributed by atoms with Crippen molar-refractivity contribution < 1.29 is 4.74 Å². The van der Waals surface area contributed by atoms with Gasteiger partial charge in [-0.3, -0.25) is 4.90 Å². The minimum absolute atomic E-state index is 0.271. The van der Waals surface area contributed by atoms with E-state index in [4.69, 9.17) is 4.74 Å². The summed E-state index contributed by atoms with van der Waals surface area (Å²) in [5.74, 6) is 0.931. The van der Waals surface area contributed by atoms with E-state index in [2.05, 4.69) is 27.3 Å². The molecule has 1 aromatic carbocycles. The molecule has 0 aliphatic carbocycles. The van der Waals surface area contributed by atoms with Gasteiger partial charge in [-0.15, -0.1) is 0 Å². The van der Waals surface area contributed by atoms with E-state index in [1.54, 1.807) is 0 Å². The maximum absolute atomic E-state index is 5.97. The number of morpholine rings is 1. The molecule has 2 saturated heterocycles. The largest absolute Gasteiger partial charge is 0.373 e. The van der Waals surface area contributed by atoms with Gasteiger partial charge < -0.3 is 10.1 Å². The molecule has 2 aliphatic heterocycles. The number of aromatic nitrogens is 1. The Morgan fingerprint density at radius 1 is 1.24 bits per heavy atom. The fraction of sp³-hybridized carbons (Fsp3) is 0.471. The zero-order valence-electron chi connectivity index (χ0n) is 12.2. The quantitative estimate of drug-likeness (QED) is 0.939. The van der Waals surface area contributed by atoms with Crippen LogP contribution in [0.2, 0.25) is 0 Å². The lowest BCUT2D eigenvalue weighted by Gasteiger charge is -2.35. The van der Waals surface area contributed by atoms with Crippen LogP contribution in [-0.4, -0.2) is 48.3 Å². The van der Waals surface area contributed by atoms with Crippen LogP contribution in [0.25, 0.3) is 10.9 Å². The smallest absolute Gasteiger partial charge is 0.126 e. The molecule has 1 N–H and O–H groups in total. The van der Waals surface area contributed by atoms with E-state index in [0.29, 0.717) is 6.04 Å². The van der Waals surface area contributed by atoms with E-state index in [-0.39, 0.29) is 6.10 Å². The number of ether oxygens (including phenoxy) is 1. The molecule has 2 aromatic rings. The van der Waals surface area contributed by atoms with Gasteiger partial charge in [0.25, 0.3) is 0 Å². The Balaban J connectivity index is 1.39. The Kier molecular flexibility index (Phi) is 3.49. The standard InChI is InChI=1S/C17H21N3O/c1-2-6-16-13(4-1)7-8-17(19-16)18-10-15-11-20-9-3-5-14(20)12-21-15/h1-2,4,6-8,14-15H,3,5,9-12H2,(H,18,19). The third kappa shape index (κ3) is 2.74. The van der Waals surface area contributed by atoms with Crippen molar-refractivity contribution in [3.8, 4) is 0 Å². The van der Waals surface area contributed by atoms with Crippen LogP contribution in [-0.2, 0) is 4.74 Å². The highest BCUT2D eigenvalue weighted by Gasteiger charge is 2.31. The molecule has 0 radical (unpaired) electrons. The molecule has 3 heterocycles. The molecule has 0 saturated carbocycles. The van der Waals surface area contributed by atoms with Crippen molar-refractivity contribution in [2.24, 2.45) is 0 Å². The van der Waals surface area contributed by atoms with E-state index in [1.807, 2.05) is 24.3 Å². The summed E-state index contributed by atoms with van der Waals surface area (Å²) in [6.45, 7) is 4.00. The minimum Gasteiger partial charge on any atom is -0.373 e.